The van der Waals surface area contributed by atoms with E-state index in [4.69, 9.17) is 0 Å². The molecule has 34 heavy (non-hydrogen) atoms. The lowest BCUT2D eigenvalue weighted by Crippen LogP contribution is -2.48. The van der Waals surface area contributed by atoms with Crippen LogP contribution in [0.15, 0.2) is 42.7 Å². The predicted molar refractivity (Wildman–Crippen MR) is 117 cm³/mol. The number of amides is 1. The molecule has 8 nitrogen and oxygen atoms in total. The Labute approximate surface area is 193 Å². The van der Waals surface area contributed by atoms with Crippen LogP contribution in [0.3, 0.4) is 0 Å². The van der Waals surface area contributed by atoms with Crippen LogP contribution in [0.2, 0.25) is 0 Å². The molecule has 2 aliphatic rings. The van der Waals surface area contributed by atoms with E-state index < -0.39 is 11.9 Å². The van der Waals surface area contributed by atoms with Gasteiger partial charge in [-0.2, -0.15) is 13.2 Å². The molecule has 3 aromatic rings. The van der Waals surface area contributed by atoms with Crippen molar-refractivity contribution in [2.75, 3.05) is 18.4 Å². The number of carbonyl (C=O) groups excluding carboxylic acids is 1. The Morgan fingerprint density at radius 2 is 1.88 bits per heavy atom. The van der Waals surface area contributed by atoms with E-state index in [1.54, 1.807) is 24.5 Å². The van der Waals surface area contributed by atoms with Gasteiger partial charge in [-0.3, -0.25) is 4.79 Å². The summed E-state index contributed by atoms with van der Waals surface area (Å²) in [5.74, 6) is 1.46. The molecule has 0 bridgehead atoms. The van der Waals surface area contributed by atoms with Crippen molar-refractivity contribution in [2.45, 2.75) is 32.0 Å². The van der Waals surface area contributed by atoms with Crippen LogP contribution >= 0.6 is 0 Å². The number of aromatic nitrogens is 5. The SMILES string of the molecule is Cc1ccc(-c2ncccn2)c(C(=O)N2C[C@@H]3C[C@@H]3C[C@H]2CNc2ccc(C(F)(F)F)nn2)n1. The van der Waals surface area contributed by atoms with Crippen molar-refractivity contribution >= 4 is 11.7 Å². The van der Waals surface area contributed by atoms with Gasteiger partial charge in [-0.1, -0.05) is 0 Å². The maximum atomic E-state index is 13.7. The van der Waals surface area contributed by atoms with Crippen LogP contribution in [0, 0.1) is 18.8 Å². The van der Waals surface area contributed by atoms with Gasteiger partial charge < -0.3 is 10.2 Å². The number of likely N-dealkylation sites (tertiary alicyclic amines) is 1. The first-order chi connectivity index (χ1) is 16.3. The summed E-state index contributed by atoms with van der Waals surface area (Å²) in [4.78, 5) is 28.6. The minimum absolute atomic E-state index is 0.160. The van der Waals surface area contributed by atoms with Crippen LogP contribution in [0.5, 0.6) is 0 Å². The number of aryl methyl sites for hydroxylation is 1. The third-order valence-electron chi connectivity index (χ3n) is 6.29. The average Bonchev–Trinajstić information content (AvgIpc) is 3.60. The number of rotatable bonds is 5. The molecular weight excluding hydrogens is 447 g/mol. The van der Waals surface area contributed by atoms with Gasteiger partial charge in [0.25, 0.3) is 5.91 Å². The second-order valence-electron chi connectivity index (χ2n) is 8.71. The molecule has 0 unspecified atom stereocenters. The van der Waals surface area contributed by atoms with Gasteiger partial charge in [0.05, 0.1) is 5.56 Å². The first kappa shape index (κ1) is 22.2. The van der Waals surface area contributed by atoms with E-state index >= 15 is 0 Å². The highest BCUT2D eigenvalue weighted by molar-refractivity contribution is 5.98. The van der Waals surface area contributed by atoms with Crippen LogP contribution in [0.1, 0.15) is 34.7 Å². The Morgan fingerprint density at radius 3 is 2.59 bits per heavy atom. The number of fused-ring (bicyclic) bond motifs is 1. The molecule has 3 atom stereocenters. The second kappa shape index (κ2) is 8.62. The molecule has 2 fully saturated rings. The molecule has 1 saturated carbocycles. The Balaban J connectivity index is 1.37. The van der Waals surface area contributed by atoms with E-state index in [-0.39, 0.29) is 17.8 Å². The number of carbonyl (C=O) groups is 1. The Hall–Kier alpha value is -3.63. The summed E-state index contributed by atoms with van der Waals surface area (Å²) in [5, 5.41) is 9.94. The molecule has 1 saturated heterocycles. The van der Waals surface area contributed by atoms with Crippen LogP contribution in [0.4, 0.5) is 19.0 Å². The molecule has 5 rings (SSSR count). The minimum atomic E-state index is -4.54. The van der Waals surface area contributed by atoms with Crippen LogP contribution in [-0.4, -0.2) is 55.1 Å². The smallest absolute Gasteiger partial charge is 0.367 e. The van der Waals surface area contributed by atoms with Gasteiger partial charge in [-0.05, 0) is 61.9 Å². The van der Waals surface area contributed by atoms with Crippen molar-refractivity contribution in [3.63, 3.8) is 0 Å². The maximum Gasteiger partial charge on any atom is 0.435 e. The fourth-order valence-corrected chi connectivity index (χ4v) is 4.42. The van der Waals surface area contributed by atoms with Gasteiger partial charge in [0.15, 0.2) is 11.5 Å². The third kappa shape index (κ3) is 4.55. The van der Waals surface area contributed by atoms with Crippen molar-refractivity contribution in [1.29, 1.82) is 0 Å². The lowest BCUT2D eigenvalue weighted by molar-refractivity contribution is -0.141. The number of pyridine rings is 1. The fourth-order valence-electron chi connectivity index (χ4n) is 4.42. The summed E-state index contributed by atoms with van der Waals surface area (Å²) in [6.07, 6.45) is 0.560. The standard InChI is InChI=1S/C23H22F3N7O/c1-13-3-4-17(21-27-7-2-8-28-21)20(30-13)22(34)33-12-15-9-14(15)10-16(33)11-29-19-6-5-18(31-32-19)23(24,25)26/h2-8,14-16H,9-12H2,1H3,(H,29,32)/t14-,15+,16+/m1/s1. The number of nitrogens with one attached hydrogen (secondary N) is 1. The lowest BCUT2D eigenvalue weighted by Gasteiger charge is -2.35. The summed E-state index contributed by atoms with van der Waals surface area (Å²) in [5.41, 5.74) is 0.521. The van der Waals surface area contributed by atoms with Gasteiger partial charge in [-0.25, -0.2) is 15.0 Å². The number of piperidine rings is 1. The van der Waals surface area contributed by atoms with Gasteiger partial charge in [0.1, 0.15) is 11.5 Å². The van der Waals surface area contributed by atoms with Gasteiger partial charge >= 0.3 is 6.18 Å². The molecule has 0 aromatic carbocycles. The fraction of sp³-hybridized carbons (Fsp3) is 0.391. The predicted octanol–water partition coefficient (Wildman–Crippen LogP) is 3.62. The number of anilines is 1. The van der Waals surface area contributed by atoms with E-state index in [9.17, 15) is 18.0 Å². The highest BCUT2D eigenvalue weighted by Gasteiger charge is 2.47. The van der Waals surface area contributed by atoms with Crippen LogP contribution in [-0.2, 0) is 6.18 Å². The van der Waals surface area contributed by atoms with Crippen molar-refractivity contribution in [1.82, 2.24) is 30.0 Å². The molecule has 4 heterocycles. The van der Waals surface area contributed by atoms with Crippen LogP contribution < -0.4 is 5.32 Å². The molecule has 1 aliphatic carbocycles. The zero-order chi connectivity index (χ0) is 23.9. The highest BCUT2D eigenvalue weighted by atomic mass is 19.4. The third-order valence-corrected chi connectivity index (χ3v) is 6.29. The zero-order valence-electron chi connectivity index (χ0n) is 18.3. The molecule has 0 spiro atoms. The van der Waals surface area contributed by atoms with Gasteiger partial charge in [0.2, 0.25) is 0 Å². The second-order valence-corrected chi connectivity index (χ2v) is 8.71. The summed E-state index contributed by atoms with van der Waals surface area (Å²) < 4.78 is 38.2. The first-order valence-electron chi connectivity index (χ1n) is 11.0. The van der Waals surface area contributed by atoms with Crippen molar-refractivity contribution in [3.05, 3.63) is 59.8 Å². The normalized spacial score (nSPS) is 21.6. The number of alkyl halides is 3. The maximum absolute atomic E-state index is 13.7. The van der Waals surface area contributed by atoms with E-state index in [1.807, 2.05) is 17.9 Å². The molecule has 0 radical (unpaired) electrons. The molecule has 11 heteroatoms. The van der Waals surface area contributed by atoms with Crippen molar-refractivity contribution < 1.29 is 18.0 Å². The largest absolute Gasteiger partial charge is 0.435 e. The number of hydrogen-bond donors (Lipinski definition) is 1. The number of hydrogen-bond acceptors (Lipinski definition) is 7. The number of nitrogens with zero attached hydrogens (tertiary/aromatic N) is 6. The molecule has 176 valence electrons. The topological polar surface area (TPSA) is 96.8 Å². The zero-order valence-corrected chi connectivity index (χ0v) is 18.3. The van der Waals surface area contributed by atoms with Gasteiger partial charge in [-0.15, -0.1) is 10.2 Å². The lowest BCUT2D eigenvalue weighted by atomic mass is 10.00. The van der Waals surface area contributed by atoms with Crippen LogP contribution in [0.25, 0.3) is 11.4 Å². The first-order valence-corrected chi connectivity index (χ1v) is 11.0. The average molecular weight is 469 g/mol. The minimum Gasteiger partial charge on any atom is -0.367 e. The summed E-state index contributed by atoms with van der Waals surface area (Å²) in [7, 11) is 0. The molecule has 1 N–H and O–H groups in total. The van der Waals surface area contributed by atoms with E-state index in [2.05, 4.69) is 30.5 Å². The van der Waals surface area contributed by atoms with E-state index in [0.717, 1.165) is 18.9 Å². The highest BCUT2D eigenvalue weighted by Crippen LogP contribution is 2.47. The Morgan fingerprint density at radius 1 is 1.09 bits per heavy atom. The van der Waals surface area contributed by atoms with E-state index in [1.165, 1.54) is 6.07 Å². The molecule has 1 amide bonds. The summed E-state index contributed by atoms with van der Waals surface area (Å²) >= 11 is 0. The Kier molecular flexibility index (Phi) is 5.62. The molecule has 1 aliphatic heterocycles. The Bertz CT molecular complexity index is 1190. The monoisotopic (exact) mass is 469 g/mol. The summed E-state index contributed by atoms with van der Waals surface area (Å²) in [6.45, 7) is 2.78. The van der Waals surface area contributed by atoms with Gasteiger partial charge in [0, 0.05) is 37.2 Å². The van der Waals surface area contributed by atoms with Crippen molar-refractivity contribution in [3.8, 4) is 11.4 Å². The van der Waals surface area contributed by atoms with E-state index in [0.29, 0.717) is 47.7 Å². The summed E-state index contributed by atoms with van der Waals surface area (Å²) in [6, 6.07) is 7.30. The number of halogens is 3. The quantitative estimate of drug-likeness (QED) is 0.610. The molecule has 3 aromatic heterocycles. The molecular formula is C23H22F3N7O. The van der Waals surface area contributed by atoms with Crippen molar-refractivity contribution in [2.24, 2.45) is 11.8 Å².